The second-order valence-electron chi connectivity index (χ2n) is 4.45. The fourth-order valence-electron chi connectivity index (χ4n) is 2.34. The van der Waals surface area contributed by atoms with Crippen molar-refractivity contribution in [1.29, 1.82) is 0 Å². The Morgan fingerprint density at radius 2 is 2.27 bits per heavy atom. The van der Waals surface area contributed by atoms with Crippen molar-refractivity contribution >= 4 is 0 Å². The number of nitrogens with one attached hydrogen (secondary N) is 1. The highest BCUT2D eigenvalue weighted by Crippen LogP contribution is 2.29. The molecule has 15 heavy (non-hydrogen) atoms. The molecule has 0 bridgehead atoms. The molecule has 1 aliphatic rings. The van der Waals surface area contributed by atoms with Crippen molar-refractivity contribution in [3.63, 3.8) is 0 Å². The molecule has 82 valence electrons. The molecule has 0 saturated carbocycles. The lowest BCUT2D eigenvalue weighted by Crippen LogP contribution is -2.37. The summed E-state index contributed by atoms with van der Waals surface area (Å²) in [4.78, 5) is 0. The monoisotopic (exact) mass is 204 g/mol. The minimum atomic E-state index is 0.404. The summed E-state index contributed by atoms with van der Waals surface area (Å²) in [5, 5.41) is 3.60. The topological polar surface area (TPSA) is 38.0 Å². The van der Waals surface area contributed by atoms with Gasteiger partial charge in [-0.25, -0.2) is 0 Å². The zero-order valence-electron chi connectivity index (χ0n) is 9.37. The number of hydrogen-bond donors (Lipinski definition) is 2. The van der Waals surface area contributed by atoms with Crippen LogP contribution in [0.15, 0.2) is 24.3 Å². The van der Waals surface area contributed by atoms with Crippen LogP contribution in [0.3, 0.4) is 0 Å². The van der Waals surface area contributed by atoms with E-state index >= 15 is 0 Å². The molecule has 0 radical (unpaired) electrons. The Kier molecular flexibility index (Phi) is 3.39. The van der Waals surface area contributed by atoms with E-state index in [2.05, 4.69) is 36.5 Å². The average Bonchev–Trinajstić information content (AvgIpc) is 2.29. The van der Waals surface area contributed by atoms with Crippen LogP contribution in [-0.4, -0.2) is 12.6 Å². The molecule has 2 unspecified atom stereocenters. The molecular weight excluding hydrogens is 184 g/mol. The molecule has 0 amide bonds. The molecule has 0 aliphatic heterocycles. The average molecular weight is 204 g/mol. The first-order valence-corrected chi connectivity index (χ1v) is 5.85. The minimum absolute atomic E-state index is 0.404. The van der Waals surface area contributed by atoms with Crippen LogP contribution in [-0.2, 0) is 6.42 Å². The summed E-state index contributed by atoms with van der Waals surface area (Å²) in [6, 6.07) is 9.67. The zero-order valence-corrected chi connectivity index (χ0v) is 9.37. The van der Waals surface area contributed by atoms with Gasteiger partial charge in [-0.15, -0.1) is 0 Å². The summed E-state index contributed by atoms with van der Waals surface area (Å²) < 4.78 is 0. The molecule has 2 rings (SSSR count). The number of nitrogens with two attached hydrogens (primary N) is 1. The van der Waals surface area contributed by atoms with E-state index in [9.17, 15) is 0 Å². The Balaban J connectivity index is 2.15. The van der Waals surface area contributed by atoms with E-state index in [1.54, 1.807) is 0 Å². The third kappa shape index (κ3) is 2.39. The van der Waals surface area contributed by atoms with Gasteiger partial charge < -0.3 is 11.1 Å². The van der Waals surface area contributed by atoms with E-state index in [4.69, 9.17) is 5.73 Å². The molecule has 0 saturated heterocycles. The maximum absolute atomic E-state index is 5.65. The molecule has 2 atom stereocenters. The highest BCUT2D eigenvalue weighted by atomic mass is 15.0. The van der Waals surface area contributed by atoms with Crippen LogP contribution in [0.25, 0.3) is 0 Å². The van der Waals surface area contributed by atoms with Gasteiger partial charge in [0.2, 0.25) is 0 Å². The van der Waals surface area contributed by atoms with Gasteiger partial charge in [0.05, 0.1) is 0 Å². The Hall–Kier alpha value is -0.860. The molecule has 0 heterocycles. The van der Waals surface area contributed by atoms with E-state index in [1.807, 2.05) is 0 Å². The predicted octanol–water partition coefficient (Wildman–Crippen LogP) is 2.00. The van der Waals surface area contributed by atoms with Gasteiger partial charge in [0, 0.05) is 18.6 Å². The van der Waals surface area contributed by atoms with E-state index in [0.29, 0.717) is 18.6 Å². The Bertz CT molecular complexity index is 322. The standard InChI is InChI=1S/C13H20N2/c1-10(9-14)15-13-8-4-6-11-5-2-3-7-12(11)13/h2-3,5,7,10,13,15H,4,6,8-9,14H2,1H3. The summed E-state index contributed by atoms with van der Waals surface area (Å²) in [5.41, 5.74) is 8.63. The Morgan fingerprint density at radius 3 is 3.07 bits per heavy atom. The van der Waals surface area contributed by atoms with E-state index in [1.165, 1.54) is 30.4 Å². The first-order chi connectivity index (χ1) is 7.31. The van der Waals surface area contributed by atoms with Crippen LogP contribution in [0.2, 0.25) is 0 Å². The number of rotatable bonds is 3. The maximum Gasteiger partial charge on any atom is 0.0325 e. The van der Waals surface area contributed by atoms with Gasteiger partial charge in [-0.05, 0) is 37.3 Å². The van der Waals surface area contributed by atoms with Crippen LogP contribution < -0.4 is 11.1 Å². The summed E-state index contributed by atoms with van der Waals surface area (Å²) >= 11 is 0. The molecule has 2 heteroatoms. The summed E-state index contributed by atoms with van der Waals surface area (Å²) in [6.07, 6.45) is 3.75. The molecule has 1 aromatic carbocycles. The summed E-state index contributed by atoms with van der Waals surface area (Å²) in [6.45, 7) is 2.86. The smallest absolute Gasteiger partial charge is 0.0325 e. The lowest BCUT2D eigenvalue weighted by Gasteiger charge is -2.28. The van der Waals surface area contributed by atoms with Crippen molar-refractivity contribution in [1.82, 2.24) is 5.32 Å². The SMILES string of the molecule is CC(CN)NC1CCCc2ccccc21. The van der Waals surface area contributed by atoms with Gasteiger partial charge in [-0.1, -0.05) is 24.3 Å². The Morgan fingerprint density at radius 1 is 1.47 bits per heavy atom. The second kappa shape index (κ2) is 4.77. The summed E-state index contributed by atoms with van der Waals surface area (Å²) in [5.74, 6) is 0. The van der Waals surface area contributed by atoms with Crippen LogP contribution in [0.5, 0.6) is 0 Å². The molecule has 0 spiro atoms. The molecular formula is C13H20N2. The number of aryl methyl sites for hydroxylation is 1. The minimum Gasteiger partial charge on any atom is -0.329 e. The van der Waals surface area contributed by atoms with Crippen molar-refractivity contribution in [3.05, 3.63) is 35.4 Å². The van der Waals surface area contributed by atoms with Crippen LogP contribution in [0.4, 0.5) is 0 Å². The largest absolute Gasteiger partial charge is 0.329 e. The fraction of sp³-hybridized carbons (Fsp3) is 0.538. The van der Waals surface area contributed by atoms with Crippen molar-refractivity contribution in [3.8, 4) is 0 Å². The van der Waals surface area contributed by atoms with Crippen LogP contribution in [0.1, 0.15) is 36.9 Å². The van der Waals surface area contributed by atoms with Crippen molar-refractivity contribution in [2.45, 2.75) is 38.3 Å². The highest BCUT2D eigenvalue weighted by molar-refractivity contribution is 5.32. The predicted molar refractivity (Wildman–Crippen MR) is 63.8 cm³/mol. The molecule has 0 fully saturated rings. The molecule has 1 aliphatic carbocycles. The normalized spacial score (nSPS) is 22.1. The van der Waals surface area contributed by atoms with Gasteiger partial charge in [0.25, 0.3) is 0 Å². The third-order valence-electron chi connectivity index (χ3n) is 3.21. The molecule has 2 nitrogen and oxygen atoms in total. The van der Waals surface area contributed by atoms with Crippen molar-refractivity contribution in [2.24, 2.45) is 5.73 Å². The fourth-order valence-corrected chi connectivity index (χ4v) is 2.34. The molecule has 1 aromatic rings. The van der Waals surface area contributed by atoms with Crippen LogP contribution in [0, 0.1) is 0 Å². The quantitative estimate of drug-likeness (QED) is 0.790. The van der Waals surface area contributed by atoms with Gasteiger partial charge in [-0.2, -0.15) is 0 Å². The lowest BCUT2D eigenvalue weighted by molar-refractivity contribution is 0.412. The zero-order chi connectivity index (χ0) is 10.7. The maximum atomic E-state index is 5.65. The van der Waals surface area contributed by atoms with Crippen LogP contribution >= 0.6 is 0 Å². The van der Waals surface area contributed by atoms with Gasteiger partial charge in [0.1, 0.15) is 0 Å². The van der Waals surface area contributed by atoms with E-state index in [0.717, 1.165) is 0 Å². The Labute approximate surface area is 91.9 Å². The van der Waals surface area contributed by atoms with E-state index < -0.39 is 0 Å². The van der Waals surface area contributed by atoms with Gasteiger partial charge in [0.15, 0.2) is 0 Å². The third-order valence-corrected chi connectivity index (χ3v) is 3.21. The second-order valence-corrected chi connectivity index (χ2v) is 4.45. The van der Waals surface area contributed by atoms with Crippen molar-refractivity contribution in [2.75, 3.05) is 6.54 Å². The van der Waals surface area contributed by atoms with Crippen molar-refractivity contribution < 1.29 is 0 Å². The van der Waals surface area contributed by atoms with E-state index in [-0.39, 0.29) is 0 Å². The first kappa shape index (κ1) is 10.7. The lowest BCUT2D eigenvalue weighted by atomic mass is 9.87. The number of fused-ring (bicyclic) bond motifs is 1. The van der Waals surface area contributed by atoms with Gasteiger partial charge >= 0.3 is 0 Å². The highest BCUT2D eigenvalue weighted by Gasteiger charge is 2.20. The summed E-state index contributed by atoms with van der Waals surface area (Å²) in [7, 11) is 0. The number of hydrogen-bond acceptors (Lipinski definition) is 2. The molecule has 0 aromatic heterocycles. The first-order valence-electron chi connectivity index (χ1n) is 5.85. The van der Waals surface area contributed by atoms with Gasteiger partial charge in [-0.3, -0.25) is 0 Å². The number of benzene rings is 1. The molecule has 3 N–H and O–H groups in total.